The number of primary amides is 2. The standard InChI is InChI=1S/C18H16FN5O3/c1-27-15-7-4-11(8-14(15)19)10-2-5-12(6-3-10)24-9-13(16(20)25)17(23-24)22-18(21)26/h2-9H,1H3,(H2,20,25)(H3,21,22,23,26). The molecule has 1 heterocycles. The van der Waals surface area contributed by atoms with Gasteiger partial charge in [0.25, 0.3) is 5.91 Å². The number of benzene rings is 2. The number of nitrogens with one attached hydrogen (secondary N) is 1. The summed E-state index contributed by atoms with van der Waals surface area (Å²) in [4.78, 5) is 22.5. The fourth-order valence-electron chi connectivity index (χ4n) is 2.55. The minimum Gasteiger partial charge on any atom is -0.494 e. The quantitative estimate of drug-likeness (QED) is 0.638. The average Bonchev–Trinajstić information content (AvgIpc) is 3.05. The Morgan fingerprint density at radius 3 is 2.33 bits per heavy atom. The van der Waals surface area contributed by atoms with E-state index in [1.165, 1.54) is 24.1 Å². The normalized spacial score (nSPS) is 10.4. The van der Waals surface area contributed by atoms with Crippen LogP contribution < -0.4 is 21.5 Å². The molecule has 8 nitrogen and oxygen atoms in total. The summed E-state index contributed by atoms with van der Waals surface area (Å²) in [7, 11) is 1.40. The van der Waals surface area contributed by atoms with E-state index in [9.17, 15) is 14.0 Å². The maximum atomic E-state index is 13.9. The zero-order chi connectivity index (χ0) is 19.6. The number of ether oxygens (including phenoxy) is 1. The Morgan fingerprint density at radius 1 is 1.11 bits per heavy atom. The number of carbonyl (C=O) groups excluding carboxylic acids is 2. The Kier molecular flexibility index (Phi) is 4.75. The Hall–Kier alpha value is -3.88. The molecule has 2 aromatic carbocycles. The second-order valence-electron chi connectivity index (χ2n) is 5.59. The van der Waals surface area contributed by atoms with Crippen LogP contribution in [0.4, 0.5) is 15.0 Å². The van der Waals surface area contributed by atoms with Crippen LogP contribution >= 0.6 is 0 Å². The first-order valence-electron chi connectivity index (χ1n) is 7.79. The fraction of sp³-hybridized carbons (Fsp3) is 0.0556. The van der Waals surface area contributed by atoms with Crippen LogP contribution in [0, 0.1) is 5.82 Å². The first-order valence-corrected chi connectivity index (χ1v) is 7.79. The molecule has 0 radical (unpaired) electrons. The van der Waals surface area contributed by atoms with Crippen LogP contribution in [0.1, 0.15) is 10.4 Å². The number of hydrogen-bond donors (Lipinski definition) is 3. The van der Waals surface area contributed by atoms with Crippen molar-refractivity contribution in [1.82, 2.24) is 9.78 Å². The van der Waals surface area contributed by atoms with Gasteiger partial charge in [-0.1, -0.05) is 18.2 Å². The number of nitrogens with two attached hydrogens (primary N) is 2. The predicted octanol–water partition coefficient (Wildman–Crippen LogP) is 2.28. The molecule has 0 saturated carbocycles. The van der Waals surface area contributed by atoms with E-state index >= 15 is 0 Å². The minimum atomic E-state index is -0.861. The van der Waals surface area contributed by atoms with Crippen LogP contribution in [0.5, 0.6) is 5.75 Å². The van der Waals surface area contributed by atoms with Gasteiger partial charge < -0.3 is 16.2 Å². The molecule has 138 valence electrons. The first-order chi connectivity index (χ1) is 12.9. The summed E-state index contributed by atoms with van der Waals surface area (Å²) in [5, 5.41) is 6.36. The van der Waals surface area contributed by atoms with Crippen molar-refractivity contribution in [2.45, 2.75) is 0 Å². The lowest BCUT2D eigenvalue weighted by atomic mass is 10.1. The number of anilines is 1. The highest BCUT2D eigenvalue weighted by molar-refractivity contribution is 6.01. The number of halogens is 1. The van der Waals surface area contributed by atoms with Gasteiger partial charge in [0.15, 0.2) is 17.4 Å². The molecule has 3 rings (SSSR count). The number of methoxy groups -OCH3 is 1. The molecule has 3 aromatic rings. The third-order valence-electron chi connectivity index (χ3n) is 3.84. The fourth-order valence-corrected chi connectivity index (χ4v) is 2.55. The lowest BCUT2D eigenvalue weighted by molar-refractivity contribution is 0.100. The maximum absolute atomic E-state index is 13.9. The second kappa shape index (κ2) is 7.16. The van der Waals surface area contributed by atoms with Gasteiger partial charge in [-0.25, -0.2) is 13.9 Å². The van der Waals surface area contributed by atoms with Crippen molar-refractivity contribution in [3.8, 4) is 22.6 Å². The van der Waals surface area contributed by atoms with Gasteiger partial charge in [0.2, 0.25) is 0 Å². The van der Waals surface area contributed by atoms with Crippen LogP contribution in [0.2, 0.25) is 0 Å². The molecule has 3 amide bonds. The number of urea groups is 1. The highest BCUT2D eigenvalue weighted by Crippen LogP contribution is 2.26. The van der Waals surface area contributed by atoms with Gasteiger partial charge in [0, 0.05) is 6.20 Å². The Balaban J connectivity index is 1.92. The summed E-state index contributed by atoms with van der Waals surface area (Å²) >= 11 is 0. The minimum absolute atomic E-state index is 0.0232. The van der Waals surface area contributed by atoms with E-state index in [1.807, 2.05) is 0 Å². The van der Waals surface area contributed by atoms with Gasteiger partial charge in [-0.05, 0) is 35.4 Å². The van der Waals surface area contributed by atoms with Crippen molar-refractivity contribution in [1.29, 1.82) is 0 Å². The molecule has 0 atom stereocenters. The van der Waals surface area contributed by atoms with Crippen molar-refractivity contribution in [2.24, 2.45) is 11.5 Å². The topological polar surface area (TPSA) is 125 Å². The molecule has 0 bridgehead atoms. The number of carbonyl (C=O) groups is 2. The van der Waals surface area contributed by atoms with E-state index in [2.05, 4.69) is 10.4 Å². The zero-order valence-electron chi connectivity index (χ0n) is 14.3. The summed E-state index contributed by atoms with van der Waals surface area (Å²) in [6, 6.07) is 10.8. The third kappa shape index (κ3) is 3.71. The number of aromatic nitrogens is 2. The Labute approximate surface area is 153 Å². The van der Waals surface area contributed by atoms with Gasteiger partial charge in [0.1, 0.15) is 5.56 Å². The molecule has 0 spiro atoms. The Morgan fingerprint density at radius 2 is 1.78 bits per heavy atom. The van der Waals surface area contributed by atoms with E-state index in [4.69, 9.17) is 16.2 Å². The molecule has 0 unspecified atom stereocenters. The molecule has 9 heteroatoms. The van der Waals surface area contributed by atoms with Gasteiger partial charge in [0.05, 0.1) is 12.8 Å². The van der Waals surface area contributed by atoms with Crippen molar-refractivity contribution in [2.75, 3.05) is 12.4 Å². The molecule has 0 aliphatic rings. The molecule has 0 aliphatic carbocycles. The molecular formula is C18H16FN5O3. The summed E-state index contributed by atoms with van der Waals surface area (Å²) in [6.45, 7) is 0. The van der Waals surface area contributed by atoms with Crippen LogP contribution in [0.15, 0.2) is 48.7 Å². The van der Waals surface area contributed by atoms with E-state index in [0.29, 0.717) is 11.3 Å². The van der Waals surface area contributed by atoms with Crippen LogP contribution in [-0.4, -0.2) is 28.8 Å². The summed E-state index contributed by atoms with van der Waals surface area (Å²) in [5.41, 5.74) is 12.4. The van der Waals surface area contributed by atoms with E-state index in [1.54, 1.807) is 36.4 Å². The monoisotopic (exact) mass is 369 g/mol. The van der Waals surface area contributed by atoms with Crippen LogP contribution in [0.3, 0.4) is 0 Å². The molecular weight excluding hydrogens is 353 g/mol. The van der Waals surface area contributed by atoms with E-state index < -0.39 is 17.8 Å². The highest BCUT2D eigenvalue weighted by atomic mass is 19.1. The highest BCUT2D eigenvalue weighted by Gasteiger charge is 2.16. The molecule has 0 aliphatic heterocycles. The van der Waals surface area contributed by atoms with Crippen molar-refractivity contribution in [3.05, 3.63) is 60.0 Å². The number of rotatable bonds is 5. The molecule has 0 saturated heterocycles. The van der Waals surface area contributed by atoms with Gasteiger partial charge >= 0.3 is 6.03 Å². The Bertz CT molecular complexity index is 1010. The zero-order valence-corrected chi connectivity index (χ0v) is 14.3. The van der Waals surface area contributed by atoms with Gasteiger partial charge in [-0.3, -0.25) is 10.1 Å². The number of nitrogens with zero attached hydrogens (tertiary/aromatic N) is 2. The lowest BCUT2D eigenvalue weighted by Crippen LogP contribution is -2.22. The van der Waals surface area contributed by atoms with E-state index in [0.717, 1.165) is 5.56 Å². The van der Waals surface area contributed by atoms with Crippen molar-refractivity contribution >= 4 is 17.8 Å². The number of hydrogen-bond acceptors (Lipinski definition) is 4. The van der Waals surface area contributed by atoms with Gasteiger partial charge in [-0.2, -0.15) is 0 Å². The number of amides is 3. The third-order valence-corrected chi connectivity index (χ3v) is 3.84. The first kappa shape index (κ1) is 17.9. The average molecular weight is 369 g/mol. The summed E-state index contributed by atoms with van der Waals surface area (Å²) in [5.74, 6) is -1.08. The van der Waals surface area contributed by atoms with Crippen LogP contribution in [0.25, 0.3) is 16.8 Å². The van der Waals surface area contributed by atoms with Crippen LogP contribution in [-0.2, 0) is 0 Å². The molecule has 5 N–H and O–H groups in total. The SMILES string of the molecule is COc1ccc(-c2ccc(-n3cc(C(N)=O)c(NC(N)=O)n3)cc2)cc1F. The molecule has 27 heavy (non-hydrogen) atoms. The lowest BCUT2D eigenvalue weighted by Gasteiger charge is -2.07. The summed E-state index contributed by atoms with van der Waals surface area (Å²) < 4.78 is 20.2. The van der Waals surface area contributed by atoms with Crippen molar-refractivity contribution in [3.63, 3.8) is 0 Å². The molecule has 0 fully saturated rings. The van der Waals surface area contributed by atoms with E-state index in [-0.39, 0.29) is 17.1 Å². The maximum Gasteiger partial charge on any atom is 0.317 e. The predicted molar refractivity (Wildman–Crippen MR) is 97.2 cm³/mol. The summed E-state index contributed by atoms with van der Waals surface area (Å²) in [6.07, 6.45) is 1.38. The second-order valence-corrected chi connectivity index (χ2v) is 5.59. The largest absolute Gasteiger partial charge is 0.494 e. The van der Waals surface area contributed by atoms with Crippen molar-refractivity contribution < 1.29 is 18.7 Å². The molecule has 1 aromatic heterocycles. The van der Waals surface area contributed by atoms with Gasteiger partial charge in [-0.15, -0.1) is 5.10 Å². The smallest absolute Gasteiger partial charge is 0.317 e.